The Bertz CT molecular complexity index is 856. The molecule has 2 aliphatic rings. The molecule has 1 aromatic carbocycles. The molecule has 1 aromatic rings. The van der Waals surface area contributed by atoms with E-state index in [0.717, 1.165) is 5.56 Å². The minimum absolute atomic E-state index is 0.199. The number of carboxylic acids is 1. The van der Waals surface area contributed by atoms with Gasteiger partial charge in [0.2, 0.25) is 11.8 Å². The van der Waals surface area contributed by atoms with Gasteiger partial charge in [0, 0.05) is 10.3 Å². The van der Waals surface area contributed by atoms with Crippen LogP contribution in [0.1, 0.15) is 49.0 Å². The van der Waals surface area contributed by atoms with Gasteiger partial charge in [0.1, 0.15) is 23.5 Å². The molecular formula is C19H23N3O5S. The number of nitrogens with one attached hydrogen (secondary N) is 2. The molecule has 8 nitrogen and oxygen atoms in total. The number of thioether (sulfide) groups is 1. The number of carbonyl (C=O) groups excluding carboxylic acids is 3. The molecule has 0 aromatic heterocycles. The van der Waals surface area contributed by atoms with Crippen LogP contribution in [0.4, 0.5) is 0 Å². The number of carboxylic acid groups (broad SMARTS) is 1. The zero-order chi connectivity index (χ0) is 20.8. The fourth-order valence-corrected chi connectivity index (χ4v) is 5.15. The van der Waals surface area contributed by atoms with Gasteiger partial charge in [0.15, 0.2) is 0 Å². The van der Waals surface area contributed by atoms with E-state index in [-0.39, 0.29) is 11.3 Å². The van der Waals surface area contributed by atoms with Gasteiger partial charge in [-0.1, -0.05) is 18.2 Å². The fraction of sp³-hybridized carbons (Fsp3) is 0.474. The van der Waals surface area contributed by atoms with Crippen LogP contribution in [0.15, 0.2) is 24.3 Å². The van der Waals surface area contributed by atoms with Crippen molar-refractivity contribution >= 4 is 35.5 Å². The van der Waals surface area contributed by atoms with E-state index in [0.29, 0.717) is 5.56 Å². The highest BCUT2D eigenvalue weighted by Crippen LogP contribution is 2.56. The summed E-state index contributed by atoms with van der Waals surface area (Å²) in [4.78, 5) is 50.6. The second kappa shape index (κ2) is 7.12. The second-order valence-corrected chi connectivity index (χ2v) is 9.31. The second-order valence-electron chi connectivity index (χ2n) is 7.57. The number of hydrogen-bond donors (Lipinski definition) is 3. The lowest BCUT2D eigenvalue weighted by molar-refractivity contribution is -0.141. The lowest BCUT2D eigenvalue weighted by atomic mass is 10.0. The summed E-state index contributed by atoms with van der Waals surface area (Å²) in [5, 5.41) is 13.6. The topological polar surface area (TPSA) is 116 Å². The van der Waals surface area contributed by atoms with Crippen molar-refractivity contribution in [2.75, 3.05) is 0 Å². The van der Waals surface area contributed by atoms with Crippen molar-refractivity contribution in [1.29, 1.82) is 0 Å². The Hall–Kier alpha value is -2.55. The van der Waals surface area contributed by atoms with Crippen molar-refractivity contribution in [1.82, 2.24) is 15.5 Å². The molecule has 3 rings (SSSR count). The molecule has 0 spiro atoms. The first-order valence-corrected chi connectivity index (χ1v) is 9.85. The number of carbonyl (C=O) groups is 4. The van der Waals surface area contributed by atoms with E-state index in [4.69, 9.17) is 5.11 Å². The zero-order valence-electron chi connectivity index (χ0n) is 16.1. The number of nitrogens with zero attached hydrogens (tertiary/aromatic N) is 1. The Balaban J connectivity index is 1.77. The molecule has 3 N–H and O–H groups in total. The summed E-state index contributed by atoms with van der Waals surface area (Å²) in [6, 6.07) is 4.55. The number of rotatable bonds is 5. The maximum absolute atomic E-state index is 13.0. The zero-order valence-corrected chi connectivity index (χ0v) is 16.9. The number of benzene rings is 1. The Labute approximate surface area is 167 Å². The van der Waals surface area contributed by atoms with E-state index < -0.39 is 40.7 Å². The number of amides is 3. The van der Waals surface area contributed by atoms with E-state index in [9.17, 15) is 19.2 Å². The largest absolute Gasteiger partial charge is 0.480 e. The van der Waals surface area contributed by atoms with Gasteiger partial charge in [-0.15, -0.1) is 11.8 Å². The van der Waals surface area contributed by atoms with Crippen molar-refractivity contribution in [2.45, 2.75) is 55.9 Å². The van der Waals surface area contributed by atoms with Gasteiger partial charge < -0.3 is 20.6 Å². The third-order valence-electron chi connectivity index (χ3n) is 5.03. The van der Waals surface area contributed by atoms with Crippen LogP contribution in [-0.4, -0.2) is 56.6 Å². The Morgan fingerprint density at radius 2 is 1.79 bits per heavy atom. The minimum Gasteiger partial charge on any atom is -0.480 e. The number of fused-ring (bicyclic) bond motifs is 3. The van der Waals surface area contributed by atoms with E-state index in [1.807, 2.05) is 26.0 Å². The summed E-state index contributed by atoms with van der Waals surface area (Å²) >= 11 is 1.54. The third kappa shape index (κ3) is 3.34. The van der Waals surface area contributed by atoms with Crippen molar-refractivity contribution in [3.05, 3.63) is 35.4 Å². The van der Waals surface area contributed by atoms with Gasteiger partial charge in [0.25, 0.3) is 5.91 Å². The molecule has 4 atom stereocenters. The van der Waals surface area contributed by atoms with E-state index >= 15 is 0 Å². The van der Waals surface area contributed by atoms with Crippen LogP contribution in [0, 0.1) is 0 Å². The Morgan fingerprint density at radius 3 is 2.43 bits per heavy atom. The highest BCUT2D eigenvalue weighted by atomic mass is 32.2. The van der Waals surface area contributed by atoms with Crippen LogP contribution < -0.4 is 10.6 Å². The SMILES string of the molecule is C[C@H](NC(=O)[C@H](C)NC(=O)[C@@H]1N2C(=O)c3ccccc3[C@@H]2SC1(C)C)C(=O)O. The van der Waals surface area contributed by atoms with Gasteiger partial charge in [-0.25, -0.2) is 0 Å². The van der Waals surface area contributed by atoms with Crippen LogP contribution in [0.25, 0.3) is 0 Å². The number of aliphatic carboxylic acids is 1. The van der Waals surface area contributed by atoms with Gasteiger partial charge in [-0.05, 0) is 39.3 Å². The smallest absolute Gasteiger partial charge is 0.325 e. The van der Waals surface area contributed by atoms with Crippen LogP contribution in [-0.2, 0) is 14.4 Å². The normalized spacial score (nSPS) is 24.1. The predicted molar refractivity (Wildman–Crippen MR) is 104 cm³/mol. The molecule has 9 heteroatoms. The molecule has 2 aliphatic heterocycles. The molecule has 0 radical (unpaired) electrons. The molecule has 0 saturated carbocycles. The van der Waals surface area contributed by atoms with E-state index in [2.05, 4.69) is 10.6 Å². The van der Waals surface area contributed by atoms with Crippen LogP contribution in [0.3, 0.4) is 0 Å². The molecular weight excluding hydrogens is 382 g/mol. The predicted octanol–water partition coefficient (Wildman–Crippen LogP) is 1.13. The van der Waals surface area contributed by atoms with Crippen LogP contribution in [0.5, 0.6) is 0 Å². The molecule has 2 heterocycles. The highest BCUT2D eigenvalue weighted by Gasteiger charge is 2.57. The number of hydrogen-bond acceptors (Lipinski definition) is 5. The molecule has 0 unspecified atom stereocenters. The molecule has 28 heavy (non-hydrogen) atoms. The third-order valence-corrected chi connectivity index (χ3v) is 6.56. The Kier molecular flexibility index (Phi) is 5.14. The lowest BCUT2D eigenvalue weighted by Crippen LogP contribution is -2.57. The molecule has 3 amide bonds. The molecule has 0 aliphatic carbocycles. The molecule has 1 saturated heterocycles. The first kappa shape index (κ1) is 20.2. The van der Waals surface area contributed by atoms with Crippen molar-refractivity contribution < 1.29 is 24.3 Å². The van der Waals surface area contributed by atoms with E-state index in [1.165, 1.54) is 25.6 Å². The van der Waals surface area contributed by atoms with Crippen molar-refractivity contribution in [3.63, 3.8) is 0 Å². The molecule has 0 bridgehead atoms. The quantitative estimate of drug-likeness (QED) is 0.676. The fourth-order valence-electron chi connectivity index (χ4n) is 3.56. The maximum atomic E-state index is 13.0. The van der Waals surface area contributed by atoms with Gasteiger partial charge in [-0.2, -0.15) is 0 Å². The van der Waals surface area contributed by atoms with Crippen LogP contribution >= 0.6 is 11.8 Å². The minimum atomic E-state index is -1.16. The lowest BCUT2D eigenvalue weighted by Gasteiger charge is -2.30. The summed E-state index contributed by atoms with van der Waals surface area (Å²) in [7, 11) is 0. The summed E-state index contributed by atoms with van der Waals surface area (Å²) in [6.45, 7) is 6.62. The summed E-state index contributed by atoms with van der Waals surface area (Å²) in [6.07, 6.45) is 0. The summed E-state index contributed by atoms with van der Waals surface area (Å²) < 4.78 is -0.553. The highest BCUT2D eigenvalue weighted by molar-refractivity contribution is 8.01. The van der Waals surface area contributed by atoms with Gasteiger partial charge in [-0.3, -0.25) is 19.2 Å². The Morgan fingerprint density at radius 1 is 1.14 bits per heavy atom. The van der Waals surface area contributed by atoms with Crippen molar-refractivity contribution in [2.24, 2.45) is 0 Å². The average Bonchev–Trinajstić information content (AvgIpc) is 3.04. The summed E-state index contributed by atoms with van der Waals surface area (Å²) in [5.41, 5.74) is 1.48. The standard InChI is InChI=1S/C19H23N3O5S/c1-9(14(23)21-10(2)18(26)27)20-15(24)13-19(3,4)28-17-12-8-6-5-7-11(12)16(25)22(13)17/h5-10,13,17H,1-4H3,(H,20,24)(H,21,23)(H,26,27)/t9-,10-,13-,17-/m0/s1. The van der Waals surface area contributed by atoms with E-state index in [1.54, 1.807) is 17.0 Å². The van der Waals surface area contributed by atoms with Crippen molar-refractivity contribution in [3.8, 4) is 0 Å². The molecule has 150 valence electrons. The first-order chi connectivity index (χ1) is 13.0. The van der Waals surface area contributed by atoms with Gasteiger partial charge in [0.05, 0.1) is 0 Å². The van der Waals surface area contributed by atoms with Crippen LogP contribution in [0.2, 0.25) is 0 Å². The first-order valence-electron chi connectivity index (χ1n) is 8.97. The monoisotopic (exact) mass is 405 g/mol. The maximum Gasteiger partial charge on any atom is 0.325 e. The molecule has 1 fully saturated rings. The van der Waals surface area contributed by atoms with Gasteiger partial charge >= 0.3 is 5.97 Å². The summed E-state index contributed by atoms with van der Waals surface area (Å²) in [5.74, 6) is -2.40. The average molecular weight is 405 g/mol.